The first-order valence-electron chi connectivity index (χ1n) is 5.00. The molecule has 0 aliphatic carbocycles. The lowest BCUT2D eigenvalue weighted by Crippen LogP contribution is -2.06. The molecule has 80 valence electrons. The lowest BCUT2D eigenvalue weighted by Gasteiger charge is -2.14. The van der Waals surface area contributed by atoms with Gasteiger partial charge in [-0.1, -0.05) is 44.7 Å². The third kappa shape index (κ3) is 2.69. The van der Waals surface area contributed by atoms with Crippen molar-refractivity contribution >= 4 is 12.0 Å². The first-order chi connectivity index (χ1) is 7.06. The molecule has 0 saturated carbocycles. The molecule has 15 heavy (non-hydrogen) atoms. The van der Waals surface area contributed by atoms with Gasteiger partial charge in [0.2, 0.25) is 0 Å². The van der Waals surface area contributed by atoms with Crippen molar-refractivity contribution in [1.29, 1.82) is 0 Å². The Bertz CT molecular complexity index is 378. The minimum absolute atomic E-state index is 0.300. The summed E-state index contributed by atoms with van der Waals surface area (Å²) >= 11 is 0. The number of ether oxygens (including phenoxy) is 1. The minimum Gasteiger partial charge on any atom is -0.426 e. The van der Waals surface area contributed by atoms with E-state index in [0.717, 1.165) is 11.1 Å². The Kier molecular flexibility index (Phi) is 3.67. The van der Waals surface area contributed by atoms with Gasteiger partial charge in [-0.15, -0.1) is 0 Å². The van der Waals surface area contributed by atoms with Gasteiger partial charge in [0, 0.05) is 12.5 Å². The quantitative estimate of drug-likeness (QED) is 0.557. The second-order valence-corrected chi connectivity index (χ2v) is 3.72. The van der Waals surface area contributed by atoms with Crippen LogP contribution in [-0.2, 0) is 4.79 Å². The summed E-state index contributed by atoms with van der Waals surface area (Å²) in [4.78, 5) is 11.0. The van der Waals surface area contributed by atoms with E-state index in [-0.39, 0.29) is 5.97 Å². The van der Waals surface area contributed by atoms with Crippen LogP contribution in [-0.4, -0.2) is 5.97 Å². The number of rotatable bonds is 3. The summed E-state index contributed by atoms with van der Waals surface area (Å²) < 4.78 is 5.22. The number of para-hydroxylation sites is 1. The molecule has 1 rings (SSSR count). The van der Waals surface area contributed by atoms with Crippen LogP contribution in [0.4, 0.5) is 0 Å². The van der Waals surface area contributed by atoms with Crippen molar-refractivity contribution in [3.63, 3.8) is 0 Å². The van der Waals surface area contributed by atoms with Gasteiger partial charge < -0.3 is 4.74 Å². The number of carbonyl (C=O) groups excluding carboxylic acids is 1. The Balaban J connectivity index is 3.26. The van der Waals surface area contributed by atoms with Crippen LogP contribution >= 0.6 is 0 Å². The molecule has 1 aromatic rings. The topological polar surface area (TPSA) is 26.3 Å². The minimum atomic E-state index is -0.300. The zero-order valence-corrected chi connectivity index (χ0v) is 9.41. The van der Waals surface area contributed by atoms with Crippen molar-refractivity contribution in [1.82, 2.24) is 0 Å². The average Bonchev–Trinajstić information content (AvgIpc) is 2.16. The van der Waals surface area contributed by atoms with Crippen molar-refractivity contribution in [3.05, 3.63) is 35.9 Å². The molecule has 1 aromatic carbocycles. The van der Waals surface area contributed by atoms with Crippen LogP contribution < -0.4 is 4.74 Å². The summed E-state index contributed by atoms with van der Waals surface area (Å²) in [6.45, 7) is 9.24. The molecule has 2 heteroatoms. The van der Waals surface area contributed by atoms with Gasteiger partial charge in [0.1, 0.15) is 5.75 Å². The highest BCUT2D eigenvalue weighted by Crippen LogP contribution is 2.30. The highest BCUT2D eigenvalue weighted by Gasteiger charge is 2.12. The maximum atomic E-state index is 11.0. The van der Waals surface area contributed by atoms with Gasteiger partial charge in [-0.05, 0) is 11.5 Å². The fourth-order valence-electron chi connectivity index (χ4n) is 1.45. The van der Waals surface area contributed by atoms with E-state index >= 15 is 0 Å². The monoisotopic (exact) mass is 204 g/mol. The molecule has 0 spiro atoms. The molecule has 0 aromatic heterocycles. The Hall–Kier alpha value is -1.57. The summed E-state index contributed by atoms with van der Waals surface area (Å²) in [5.74, 6) is 0.653. The van der Waals surface area contributed by atoms with Gasteiger partial charge in [0.25, 0.3) is 0 Å². The second-order valence-electron chi connectivity index (χ2n) is 3.72. The molecule has 0 N–H and O–H groups in total. The summed E-state index contributed by atoms with van der Waals surface area (Å²) in [5.41, 5.74) is 1.89. The van der Waals surface area contributed by atoms with Crippen LogP contribution in [0.1, 0.15) is 37.8 Å². The van der Waals surface area contributed by atoms with Crippen LogP contribution in [0.3, 0.4) is 0 Å². The molecule has 0 unspecified atom stereocenters. The fourth-order valence-corrected chi connectivity index (χ4v) is 1.45. The van der Waals surface area contributed by atoms with Crippen LogP contribution in [0.5, 0.6) is 5.75 Å². The highest BCUT2D eigenvalue weighted by atomic mass is 16.5. The first kappa shape index (κ1) is 11.5. The van der Waals surface area contributed by atoms with Gasteiger partial charge >= 0.3 is 5.97 Å². The van der Waals surface area contributed by atoms with Gasteiger partial charge in [0.15, 0.2) is 0 Å². The molecule has 0 heterocycles. The molecule has 0 atom stereocenters. The van der Waals surface area contributed by atoms with E-state index in [1.807, 2.05) is 18.2 Å². The average molecular weight is 204 g/mol. The van der Waals surface area contributed by atoms with E-state index < -0.39 is 0 Å². The molecule has 0 bridgehead atoms. The number of hydrogen-bond donors (Lipinski definition) is 0. The normalized spacial score (nSPS) is 10.1. The third-order valence-electron chi connectivity index (χ3n) is 2.16. The molecular formula is C13H16O2. The maximum absolute atomic E-state index is 11.0. The van der Waals surface area contributed by atoms with Gasteiger partial charge in [-0.3, -0.25) is 4.79 Å². The number of benzene rings is 1. The Labute approximate surface area is 90.6 Å². The predicted octanol–water partition coefficient (Wildman–Crippen LogP) is 3.38. The highest BCUT2D eigenvalue weighted by molar-refractivity contribution is 5.72. The van der Waals surface area contributed by atoms with Crippen molar-refractivity contribution in [2.24, 2.45) is 0 Å². The molecular weight excluding hydrogens is 188 g/mol. The fraction of sp³-hybridized carbons (Fsp3) is 0.308. The summed E-state index contributed by atoms with van der Waals surface area (Å²) in [5, 5.41) is 0. The SMILES string of the molecule is C=Cc1cccc(C(C)C)c1OC(C)=O. The zero-order valence-electron chi connectivity index (χ0n) is 9.41. The van der Waals surface area contributed by atoms with Crippen LogP contribution in [0.2, 0.25) is 0 Å². The molecule has 0 saturated heterocycles. The van der Waals surface area contributed by atoms with Gasteiger partial charge in [0.05, 0.1) is 0 Å². The van der Waals surface area contributed by atoms with E-state index in [2.05, 4.69) is 20.4 Å². The van der Waals surface area contributed by atoms with Crippen LogP contribution in [0.25, 0.3) is 6.08 Å². The Morgan fingerprint density at radius 3 is 2.60 bits per heavy atom. The summed E-state index contributed by atoms with van der Waals surface area (Å²) in [6.07, 6.45) is 1.70. The van der Waals surface area contributed by atoms with Gasteiger partial charge in [-0.25, -0.2) is 0 Å². The predicted molar refractivity (Wildman–Crippen MR) is 61.9 cm³/mol. The summed E-state index contributed by atoms with van der Waals surface area (Å²) in [7, 11) is 0. The van der Waals surface area contributed by atoms with E-state index in [9.17, 15) is 4.79 Å². The van der Waals surface area contributed by atoms with E-state index in [0.29, 0.717) is 11.7 Å². The second kappa shape index (κ2) is 4.78. The number of carbonyl (C=O) groups is 1. The standard InChI is InChI=1S/C13H16O2/c1-5-11-7-6-8-12(9(2)3)13(11)15-10(4)14/h5-9H,1H2,2-4H3. The largest absolute Gasteiger partial charge is 0.426 e. The van der Waals surface area contributed by atoms with Crippen molar-refractivity contribution in [2.45, 2.75) is 26.7 Å². The van der Waals surface area contributed by atoms with Gasteiger partial charge in [-0.2, -0.15) is 0 Å². The maximum Gasteiger partial charge on any atom is 0.308 e. The number of hydrogen-bond acceptors (Lipinski definition) is 2. The van der Waals surface area contributed by atoms with Crippen molar-refractivity contribution < 1.29 is 9.53 Å². The Morgan fingerprint density at radius 1 is 1.47 bits per heavy atom. The molecule has 0 amide bonds. The molecule has 0 aliphatic rings. The lowest BCUT2D eigenvalue weighted by molar-refractivity contribution is -0.131. The Morgan fingerprint density at radius 2 is 2.13 bits per heavy atom. The lowest BCUT2D eigenvalue weighted by atomic mass is 9.99. The zero-order chi connectivity index (χ0) is 11.4. The molecule has 0 fully saturated rings. The van der Waals surface area contributed by atoms with E-state index in [1.165, 1.54) is 6.92 Å². The first-order valence-corrected chi connectivity index (χ1v) is 5.00. The van der Waals surface area contributed by atoms with Crippen LogP contribution in [0, 0.1) is 0 Å². The van der Waals surface area contributed by atoms with Crippen LogP contribution in [0.15, 0.2) is 24.8 Å². The molecule has 0 aliphatic heterocycles. The molecule has 0 radical (unpaired) electrons. The smallest absolute Gasteiger partial charge is 0.308 e. The van der Waals surface area contributed by atoms with Crippen molar-refractivity contribution in [3.8, 4) is 5.75 Å². The third-order valence-corrected chi connectivity index (χ3v) is 2.16. The van der Waals surface area contributed by atoms with Crippen molar-refractivity contribution in [2.75, 3.05) is 0 Å². The van der Waals surface area contributed by atoms with E-state index in [1.54, 1.807) is 6.08 Å². The van der Waals surface area contributed by atoms with E-state index in [4.69, 9.17) is 4.74 Å². The number of esters is 1. The summed E-state index contributed by atoms with van der Waals surface area (Å²) in [6, 6.07) is 5.80. The molecule has 2 nitrogen and oxygen atoms in total.